The first-order valence-electron chi connectivity index (χ1n) is 4.58. The number of aryl methyl sites for hydroxylation is 1. The summed E-state index contributed by atoms with van der Waals surface area (Å²) in [6.45, 7) is 0. The normalized spacial score (nSPS) is 12.9. The molecule has 2 heterocycles. The number of rotatable bonds is 4. The van der Waals surface area contributed by atoms with Crippen LogP contribution in [0.3, 0.4) is 0 Å². The minimum Gasteiger partial charge on any atom is -0.312 e. The third-order valence-corrected chi connectivity index (χ3v) is 2.97. The molecule has 6 nitrogen and oxygen atoms in total. The minimum absolute atomic E-state index is 0.210. The van der Waals surface area contributed by atoms with Crippen LogP contribution in [0.1, 0.15) is 16.7 Å². The number of aromatic nitrogens is 5. The zero-order valence-electron chi connectivity index (χ0n) is 8.58. The van der Waals surface area contributed by atoms with Crippen molar-refractivity contribution in [2.45, 2.75) is 12.5 Å². The summed E-state index contributed by atoms with van der Waals surface area (Å²) in [6, 6.07) is 0.210. The van der Waals surface area contributed by atoms with Crippen LogP contribution in [0.4, 0.5) is 0 Å². The van der Waals surface area contributed by atoms with Gasteiger partial charge in [0.15, 0.2) is 5.82 Å². The Hall–Kier alpha value is -1.34. The van der Waals surface area contributed by atoms with Crippen LogP contribution in [0, 0.1) is 0 Å². The average molecular weight is 224 g/mol. The first kappa shape index (κ1) is 10.2. The Morgan fingerprint density at radius 3 is 3.00 bits per heavy atom. The molecule has 7 heteroatoms. The Kier molecular flexibility index (Phi) is 3.02. The predicted molar refractivity (Wildman–Crippen MR) is 56.4 cm³/mol. The zero-order valence-corrected chi connectivity index (χ0v) is 9.40. The maximum absolute atomic E-state index is 4.15. The molecule has 2 aromatic heterocycles. The van der Waals surface area contributed by atoms with Gasteiger partial charge in [-0.15, -0.1) is 21.5 Å². The molecule has 0 aliphatic rings. The molecule has 0 bridgehead atoms. The third kappa shape index (κ3) is 2.37. The SMILES string of the molecule is CNC(Cc1nnn(C)n1)c1cncs1. The second kappa shape index (κ2) is 4.45. The summed E-state index contributed by atoms with van der Waals surface area (Å²) in [5.41, 5.74) is 1.82. The van der Waals surface area contributed by atoms with Crippen LogP contribution < -0.4 is 5.32 Å². The first-order valence-corrected chi connectivity index (χ1v) is 5.46. The lowest BCUT2D eigenvalue weighted by Gasteiger charge is -2.10. The van der Waals surface area contributed by atoms with Crippen LogP contribution in [-0.4, -0.2) is 32.2 Å². The molecule has 2 rings (SSSR count). The van der Waals surface area contributed by atoms with Gasteiger partial charge in [-0.1, -0.05) is 0 Å². The van der Waals surface area contributed by atoms with Crippen molar-refractivity contribution in [3.63, 3.8) is 0 Å². The second-order valence-electron chi connectivity index (χ2n) is 3.14. The van der Waals surface area contributed by atoms with Crippen molar-refractivity contribution in [3.05, 3.63) is 22.4 Å². The van der Waals surface area contributed by atoms with Crippen LogP contribution in [-0.2, 0) is 13.5 Å². The number of hydrogen-bond donors (Lipinski definition) is 1. The van der Waals surface area contributed by atoms with E-state index in [2.05, 4.69) is 25.7 Å². The summed E-state index contributed by atoms with van der Waals surface area (Å²) >= 11 is 1.63. The van der Waals surface area contributed by atoms with Gasteiger partial charge >= 0.3 is 0 Å². The van der Waals surface area contributed by atoms with Gasteiger partial charge in [0, 0.05) is 17.5 Å². The maximum atomic E-state index is 4.15. The molecule has 1 N–H and O–H groups in total. The topological polar surface area (TPSA) is 68.5 Å². The summed E-state index contributed by atoms with van der Waals surface area (Å²) in [5.74, 6) is 0.741. The molecule has 0 radical (unpaired) electrons. The quantitative estimate of drug-likeness (QED) is 0.801. The monoisotopic (exact) mass is 224 g/mol. The number of tetrazole rings is 1. The highest BCUT2D eigenvalue weighted by Crippen LogP contribution is 2.19. The van der Waals surface area contributed by atoms with Gasteiger partial charge in [0.05, 0.1) is 18.6 Å². The molecular formula is C8H12N6S. The van der Waals surface area contributed by atoms with Gasteiger partial charge < -0.3 is 5.32 Å². The second-order valence-corrected chi connectivity index (χ2v) is 4.06. The van der Waals surface area contributed by atoms with Crippen molar-refractivity contribution in [2.24, 2.45) is 7.05 Å². The summed E-state index contributed by atoms with van der Waals surface area (Å²) in [5, 5.41) is 15.1. The lowest BCUT2D eigenvalue weighted by Crippen LogP contribution is -2.18. The van der Waals surface area contributed by atoms with Gasteiger partial charge in [-0.25, -0.2) is 0 Å². The maximum Gasteiger partial charge on any atom is 0.176 e. The molecule has 1 unspecified atom stereocenters. The van der Waals surface area contributed by atoms with Gasteiger partial charge in [-0.05, 0) is 12.3 Å². The summed E-state index contributed by atoms with van der Waals surface area (Å²) < 4.78 is 0. The van der Waals surface area contributed by atoms with Gasteiger partial charge in [0.2, 0.25) is 0 Å². The smallest absolute Gasteiger partial charge is 0.176 e. The van der Waals surface area contributed by atoms with Crippen molar-refractivity contribution in [1.82, 2.24) is 30.5 Å². The molecule has 0 amide bonds. The Morgan fingerprint density at radius 2 is 2.47 bits per heavy atom. The number of thiazole rings is 1. The van der Waals surface area contributed by atoms with E-state index in [1.54, 1.807) is 18.4 Å². The Morgan fingerprint density at radius 1 is 1.60 bits per heavy atom. The van der Waals surface area contributed by atoms with Crippen LogP contribution >= 0.6 is 11.3 Å². The lowest BCUT2D eigenvalue weighted by atomic mass is 10.2. The summed E-state index contributed by atoms with van der Waals surface area (Å²) in [4.78, 5) is 6.71. The molecule has 80 valence electrons. The fourth-order valence-corrected chi connectivity index (χ4v) is 2.06. The molecule has 2 aromatic rings. The zero-order chi connectivity index (χ0) is 10.7. The number of likely N-dealkylation sites (N-methyl/N-ethyl adjacent to an activating group) is 1. The number of nitrogens with zero attached hydrogens (tertiary/aromatic N) is 5. The van der Waals surface area contributed by atoms with Crippen LogP contribution in [0.2, 0.25) is 0 Å². The van der Waals surface area contributed by atoms with Gasteiger partial charge in [0.1, 0.15) is 0 Å². The van der Waals surface area contributed by atoms with E-state index < -0.39 is 0 Å². The number of hydrogen-bond acceptors (Lipinski definition) is 6. The minimum atomic E-state index is 0.210. The molecule has 0 spiro atoms. The Bertz CT molecular complexity index is 408. The van der Waals surface area contributed by atoms with Crippen LogP contribution in [0.15, 0.2) is 11.7 Å². The highest BCUT2D eigenvalue weighted by atomic mass is 32.1. The van der Waals surface area contributed by atoms with Crippen molar-refractivity contribution >= 4 is 11.3 Å². The Labute approximate surface area is 91.3 Å². The van der Waals surface area contributed by atoms with Crippen molar-refractivity contribution in [2.75, 3.05) is 7.05 Å². The standard InChI is InChI=1S/C8H12N6S/c1-9-6(7-4-10-5-15-7)3-8-11-13-14(2)12-8/h4-6,9H,3H2,1-2H3. The highest BCUT2D eigenvalue weighted by molar-refractivity contribution is 7.09. The van der Waals surface area contributed by atoms with E-state index >= 15 is 0 Å². The molecule has 0 aliphatic carbocycles. The Balaban J connectivity index is 2.09. The average Bonchev–Trinajstić information content (AvgIpc) is 2.85. The van der Waals surface area contributed by atoms with E-state index in [1.807, 2.05) is 18.8 Å². The lowest BCUT2D eigenvalue weighted by molar-refractivity contribution is 0.577. The summed E-state index contributed by atoms with van der Waals surface area (Å²) in [7, 11) is 3.68. The van der Waals surface area contributed by atoms with Gasteiger partial charge in [-0.3, -0.25) is 4.98 Å². The van der Waals surface area contributed by atoms with E-state index in [0.29, 0.717) is 0 Å². The molecule has 0 aliphatic heterocycles. The van der Waals surface area contributed by atoms with Gasteiger partial charge in [-0.2, -0.15) is 4.80 Å². The van der Waals surface area contributed by atoms with E-state index in [4.69, 9.17) is 0 Å². The van der Waals surface area contributed by atoms with E-state index in [9.17, 15) is 0 Å². The van der Waals surface area contributed by atoms with Crippen LogP contribution in [0.5, 0.6) is 0 Å². The molecular weight excluding hydrogens is 212 g/mol. The largest absolute Gasteiger partial charge is 0.312 e. The van der Waals surface area contributed by atoms with E-state index in [1.165, 1.54) is 9.67 Å². The molecule has 0 aromatic carbocycles. The highest BCUT2D eigenvalue weighted by Gasteiger charge is 2.14. The van der Waals surface area contributed by atoms with Crippen molar-refractivity contribution in [1.29, 1.82) is 0 Å². The molecule has 0 saturated carbocycles. The fourth-order valence-electron chi connectivity index (χ4n) is 1.33. The van der Waals surface area contributed by atoms with E-state index in [-0.39, 0.29) is 6.04 Å². The molecule has 0 fully saturated rings. The first-order chi connectivity index (χ1) is 7.29. The molecule has 0 saturated heterocycles. The molecule has 15 heavy (non-hydrogen) atoms. The fraction of sp³-hybridized carbons (Fsp3) is 0.500. The third-order valence-electron chi connectivity index (χ3n) is 2.08. The van der Waals surface area contributed by atoms with Crippen LogP contribution in [0.25, 0.3) is 0 Å². The van der Waals surface area contributed by atoms with Gasteiger partial charge in [0.25, 0.3) is 0 Å². The molecule has 1 atom stereocenters. The van der Waals surface area contributed by atoms with Crippen molar-refractivity contribution < 1.29 is 0 Å². The summed E-state index contributed by atoms with van der Waals surface area (Å²) in [6.07, 6.45) is 2.59. The van der Waals surface area contributed by atoms with Crippen molar-refractivity contribution in [3.8, 4) is 0 Å². The predicted octanol–water partition coefficient (Wildman–Crippen LogP) is 0.170. The number of nitrogens with one attached hydrogen (secondary N) is 1. The van der Waals surface area contributed by atoms with E-state index in [0.717, 1.165) is 12.2 Å².